The van der Waals surface area contributed by atoms with Crippen molar-refractivity contribution in [3.8, 4) is 0 Å². The maximum Gasteiger partial charge on any atom is 0.289 e. The molecule has 3 aromatic carbocycles. The summed E-state index contributed by atoms with van der Waals surface area (Å²) in [5.41, 5.74) is 1.16. The van der Waals surface area contributed by atoms with Gasteiger partial charge in [0, 0.05) is 56.2 Å². The second kappa shape index (κ2) is 18.1. The summed E-state index contributed by atoms with van der Waals surface area (Å²) >= 11 is 0. The molecule has 0 aliphatic heterocycles. The Labute approximate surface area is 274 Å². The van der Waals surface area contributed by atoms with E-state index in [4.69, 9.17) is 14.2 Å². The van der Waals surface area contributed by atoms with Gasteiger partial charge in [0.25, 0.3) is 5.69 Å². The minimum Gasteiger partial charge on any atom is -0.378 e. The molecule has 0 bridgehead atoms. The Kier molecular flexibility index (Phi) is 13.7. The lowest BCUT2D eigenvalue weighted by molar-refractivity contribution is -0.387. The highest BCUT2D eigenvalue weighted by molar-refractivity contribution is 7.89. The van der Waals surface area contributed by atoms with Crippen molar-refractivity contribution < 1.29 is 32.3 Å². The van der Waals surface area contributed by atoms with E-state index in [9.17, 15) is 23.3 Å². The van der Waals surface area contributed by atoms with Crippen molar-refractivity contribution in [1.29, 1.82) is 0 Å². The van der Waals surface area contributed by atoms with Gasteiger partial charge in [-0.25, -0.2) is 8.42 Å². The molecule has 1 amide bonds. The number of amides is 1. The van der Waals surface area contributed by atoms with Crippen molar-refractivity contribution in [3.63, 3.8) is 0 Å². The van der Waals surface area contributed by atoms with Crippen LogP contribution in [0.5, 0.6) is 0 Å². The number of benzene rings is 3. The molecule has 13 nitrogen and oxygen atoms in total. The monoisotopic (exact) mass is 665 g/mol. The van der Waals surface area contributed by atoms with E-state index in [1.54, 1.807) is 12.4 Å². The predicted octanol–water partition coefficient (Wildman–Crippen LogP) is 3.83. The van der Waals surface area contributed by atoms with Gasteiger partial charge in [-0.2, -0.15) is 4.31 Å². The largest absolute Gasteiger partial charge is 0.378 e. The molecule has 4 aromatic rings. The lowest BCUT2D eigenvalue weighted by Gasteiger charge is -2.18. The summed E-state index contributed by atoms with van der Waals surface area (Å²) in [6.45, 7) is 2.81. The third kappa shape index (κ3) is 10.6. The van der Waals surface area contributed by atoms with Crippen LogP contribution < -0.4 is 10.6 Å². The third-order valence-electron chi connectivity index (χ3n) is 7.24. The van der Waals surface area contributed by atoms with Gasteiger partial charge in [-0.3, -0.25) is 19.9 Å². The number of hydrogen-bond donors (Lipinski definition) is 2. The summed E-state index contributed by atoms with van der Waals surface area (Å²) in [4.78, 5) is 27.5. The Morgan fingerprint density at radius 2 is 1.57 bits per heavy atom. The molecule has 1 aromatic heterocycles. The van der Waals surface area contributed by atoms with E-state index in [1.165, 1.54) is 25.2 Å². The third-order valence-corrected chi connectivity index (χ3v) is 9.15. The average Bonchev–Trinajstić information content (AvgIpc) is 3.08. The molecule has 1 heterocycles. The van der Waals surface area contributed by atoms with Crippen molar-refractivity contribution in [3.05, 3.63) is 107 Å². The number of nitro groups is 1. The minimum absolute atomic E-state index is 0.0264. The highest BCUT2D eigenvalue weighted by atomic mass is 32.2. The van der Waals surface area contributed by atoms with Gasteiger partial charge in [0.15, 0.2) is 4.90 Å². The van der Waals surface area contributed by atoms with E-state index < -0.39 is 26.6 Å². The Morgan fingerprint density at radius 3 is 2.32 bits per heavy atom. The van der Waals surface area contributed by atoms with Crippen LogP contribution in [0.1, 0.15) is 11.5 Å². The molecule has 2 N–H and O–H groups in total. The minimum atomic E-state index is -4.04. The number of ether oxygens (including phenoxy) is 3. The quantitative estimate of drug-likeness (QED) is 0.0806. The summed E-state index contributed by atoms with van der Waals surface area (Å²) in [6, 6.07) is 22.5. The Hall–Kier alpha value is -4.31. The topological polar surface area (TPSA) is 162 Å². The molecule has 0 fully saturated rings. The van der Waals surface area contributed by atoms with Crippen LogP contribution in [0.3, 0.4) is 0 Å². The molecular formula is C33H39N5O8S. The van der Waals surface area contributed by atoms with E-state index in [-0.39, 0.29) is 30.6 Å². The molecule has 47 heavy (non-hydrogen) atoms. The van der Waals surface area contributed by atoms with Gasteiger partial charge < -0.3 is 24.8 Å². The summed E-state index contributed by atoms with van der Waals surface area (Å²) in [5.74, 6) is -0.508. The number of carbonyl (C=O) groups excluding carboxylic acids is 1. The first-order chi connectivity index (χ1) is 22.8. The van der Waals surface area contributed by atoms with Crippen molar-refractivity contribution in [1.82, 2.24) is 14.6 Å². The van der Waals surface area contributed by atoms with Gasteiger partial charge in [-0.1, -0.05) is 48.5 Å². The van der Waals surface area contributed by atoms with Crippen LogP contribution in [0.2, 0.25) is 0 Å². The molecule has 14 heteroatoms. The average molecular weight is 666 g/mol. The van der Waals surface area contributed by atoms with Crippen molar-refractivity contribution in [2.75, 3.05) is 71.6 Å². The number of likely N-dealkylation sites (N-methyl/N-ethyl adjacent to an activating group) is 1. The van der Waals surface area contributed by atoms with Gasteiger partial charge in [0.1, 0.15) is 0 Å². The molecule has 0 saturated carbocycles. The van der Waals surface area contributed by atoms with Crippen LogP contribution in [0.15, 0.2) is 96.2 Å². The first-order valence-electron chi connectivity index (χ1n) is 15.1. The standard InChI is InChI=1S/C33H39N5O8S/c1-37(47(42,43)32-10-6-5-9-31(32)38(40)41)16-18-45-20-22-46-21-19-44-17-15-35-25-30(26-7-3-2-4-8-26)33(39)36-29-12-11-28-24-34-14-13-27(28)23-29/h2-14,23-24,30,35H,15-22,25H2,1H3,(H,36,39)/t30-/m1/s1. The molecule has 250 valence electrons. The first kappa shape index (κ1) is 35.5. The zero-order chi connectivity index (χ0) is 33.5. The van der Waals surface area contributed by atoms with Crippen LogP contribution in [0.4, 0.5) is 11.4 Å². The Balaban J connectivity index is 1.08. The van der Waals surface area contributed by atoms with Gasteiger partial charge in [-0.15, -0.1) is 0 Å². The SMILES string of the molecule is CN(CCOCCOCCOCCNC[C@@H](C(=O)Nc1ccc2cnccc2c1)c1ccccc1)S(=O)(=O)c1ccccc1[N+](=O)[O-]. The fourth-order valence-electron chi connectivity index (χ4n) is 4.68. The van der Waals surface area contributed by atoms with Gasteiger partial charge in [-0.05, 0) is 35.2 Å². The molecule has 4 rings (SSSR count). The number of carbonyl (C=O) groups is 1. The zero-order valence-corrected chi connectivity index (χ0v) is 26.9. The number of aromatic nitrogens is 1. The number of hydrogen-bond acceptors (Lipinski definition) is 10. The van der Waals surface area contributed by atoms with E-state index >= 15 is 0 Å². The normalized spacial score (nSPS) is 12.3. The molecule has 0 aliphatic carbocycles. The van der Waals surface area contributed by atoms with E-state index in [1.807, 2.05) is 54.6 Å². The lowest BCUT2D eigenvalue weighted by Crippen LogP contribution is -2.32. The summed E-state index contributed by atoms with van der Waals surface area (Å²) in [6.07, 6.45) is 3.51. The lowest BCUT2D eigenvalue weighted by atomic mass is 9.98. The van der Waals surface area contributed by atoms with E-state index in [0.717, 1.165) is 32.4 Å². The Bertz CT molecular complexity index is 1710. The highest BCUT2D eigenvalue weighted by Gasteiger charge is 2.28. The molecule has 0 spiro atoms. The fourth-order valence-corrected chi connectivity index (χ4v) is 5.99. The van der Waals surface area contributed by atoms with Gasteiger partial charge >= 0.3 is 0 Å². The molecule has 0 radical (unpaired) electrons. The maximum absolute atomic E-state index is 13.3. The number of nitrogens with one attached hydrogen (secondary N) is 2. The number of anilines is 1. The van der Waals surface area contributed by atoms with Crippen LogP contribution in [0, 0.1) is 10.1 Å². The zero-order valence-electron chi connectivity index (χ0n) is 26.1. The number of rotatable bonds is 20. The second-order valence-corrected chi connectivity index (χ2v) is 12.5. The molecule has 1 atom stereocenters. The number of fused-ring (bicyclic) bond motifs is 1. The van der Waals surface area contributed by atoms with Crippen molar-refractivity contribution >= 4 is 38.1 Å². The van der Waals surface area contributed by atoms with Crippen molar-refractivity contribution in [2.24, 2.45) is 0 Å². The first-order valence-corrected chi connectivity index (χ1v) is 16.5. The summed E-state index contributed by atoms with van der Waals surface area (Å²) < 4.78 is 43.1. The number of sulfonamides is 1. The van der Waals surface area contributed by atoms with Gasteiger partial charge in [0.05, 0.1) is 50.5 Å². The number of nitrogens with zero attached hydrogens (tertiary/aromatic N) is 3. The van der Waals surface area contributed by atoms with Crippen LogP contribution in [-0.4, -0.2) is 94.9 Å². The van der Waals surface area contributed by atoms with Crippen LogP contribution >= 0.6 is 0 Å². The molecule has 0 aliphatic rings. The fraction of sp³-hybridized carbons (Fsp3) is 0.333. The molecule has 0 saturated heterocycles. The van der Waals surface area contributed by atoms with Crippen molar-refractivity contribution in [2.45, 2.75) is 10.8 Å². The summed E-state index contributed by atoms with van der Waals surface area (Å²) in [7, 11) is -2.69. The molecular weight excluding hydrogens is 626 g/mol. The Morgan fingerprint density at radius 1 is 0.894 bits per heavy atom. The smallest absolute Gasteiger partial charge is 0.289 e. The van der Waals surface area contributed by atoms with E-state index in [0.29, 0.717) is 39.5 Å². The number of nitro benzene ring substituents is 1. The number of pyridine rings is 1. The maximum atomic E-state index is 13.3. The van der Waals surface area contributed by atoms with Gasteiger partial charge in [0.2, 0.25) is 15.9 Å². The van der Waals surface area contributed by atoms with E-state index in [2.05, 4.69) is 15.6 Å². The highest BCUT2D eigenvalue weighted by Crippen LogP contribution is 2.25. The predicted molar refractivity (Wildman–Crippen MR) is 178 cm³/mol. The number of para-hydroxylation sites is 1. The van der Waals surface area contributed by atoms with Crippen LogP contribution in [0.25, 0.3) is 10.8 Å². The summed E-state index contributed by atoms with van der Waals surface area (Å²) in [5, 5.41) is 19.5. The van der Waals surface area contributed by atoms with Crippen LogP contribution in [-0.2, 0) is 29.0 Å². The molecule has 0 unspecified atom stereocenters. The second-order valence-electron chi connectivity index (χ2n) is 10.5.